The third-order valence-corrected chi connectivity index (χ3v) is 3.65. The fourth-order valence-electron chi connectivity index (χ4n) is 2.33. The van der Waals surface area contributed by atoms with Crippen molar-refractivity contribution in [2.45, 2.75) is 46.8 Å². The van der Waals surface area contributed by atoms with Crippen molar-refractivity contribution < 1.29 is 4.74 Å². The van der Waals surface area contributed by atoms with E-state index in [1.54, 1.807) is 0 Å². The number of hydrogen-bond donors (Lipinski definition) is 0. The van der Waals surface area contributed by atoms with Gasteiger partial charge >= 0.3 is 0 Å². The van der Waals surface area contributed by atoms with Gasteiger partial charge in [0.1, 0.15) is 0 Å². The Hall–Kier alpha value is -1.93. The standard InChI is InChI=1S/C21H27NO/c1-16(2)22-14-13-18-5-9-20(10-6-18)21-11-7-19(8-12-21)15-23-17(3)4/h5-12,17H,13-15H2,1-4H3. The van der Waals surface area contributed by atoms with Gasteiger partial charge in [0.25, 0.3) is 0 Å². The lowest BCUT2D eigenvalue weighted by Crippen LogP contribution is -2.01. The highest BCUT2D eigenvalue weighted by atomic mass is 16.5. The highest BCUT2D eigenvalue weighted by Crippen LogP contribution is 2.21. The molecule has 0 aliphatic heterocycles. The molecule has 2 aromatic carbocycles. The molecule has 0 saturated carbocycles. The topological polar surface area (TPSA) is 21.6 Å². The Balaban J connectivity index is 1.97. The van der Waals surface area contributed by atoms with Crippen LogP contribution in [-0.4, -0.2) is 18.4 Å². The van der Waals surface area contributed by atoms with Crippen molar-refractivity contribution in [2.24, 2.45) is 4.99 Å². The van der Waals surface area contributed by atoms with Gasteiger partial charge < -0.3 is 4.74 Å². The monoisotopic (exact) mass is 309 g/mol. The van der Waals surface area contributed by atoms with Gasteiger partial charge in [-0.15, -0.1) is 0 Å². The van der Waals surface area contributed by atoms with Crippen LogP contribution in [-0.2, 0) is 17.8 Å². The molecule has 0 saturated heterocycles. The number of rotatable bonds is 7. The SMILES string of the molecule is CC(C)=NCCc1ccc(-c2ccc(COC(C)C)cc2)cc1. The predicted octanol–water partition coefficient (Wildman–Crippen LogP) is 5.30. The van der Waals surface area contributed by atoms with Crippen molar-refractivity contribution in [1.82, 2.24) is 0 Å². The highest BCUT2D eigenvalue weighted by molar-refractivity contribution is 5.79. The summed E-state index contributed by atoms with van der Waals surface area (Å²) in [6, 6.07) is 17.4. The molecule has 0 radical (unpaired) electrons. The minimum Gasteiger partial charge on any atom is -0.374 e. The summed E-state index contributed by atoms with van der Waals surface area (Å²) in [5.74, 6) is 0. The third kappa shape index (κ3) is 5.99. The molecule has 0 aromatic heterocycles. The van der Waals surface area contributed by atoms with E-state index in [4.69, 9.17) is 4.74 Å². The van der Waals surface area contributed by atoms with Crippen LogP contribution in [0.4, 0.5) is 0 Å². The van der Waals surface area contributed by atoms with Crippen LogP contribution < -0.4 is 0 Å². The van der Waals surface area contributed by atoms with Gasteiger partial charge in [-0.1, -0.05) is 48.5 Å². The fourth-order valence-corrected chi connectivity index (χ4v) is 2.33. The molecule has 2 aromatic rings. The van der Waals surface area contributed by atoms with E-state index in [1.807, 2.05) is 13.8 Å². The number of ether oxygens (including phenoxy) is 1. The van der Waals surface area contributed by atoms with E-state index in [-0.39, 0.29) is 6.10 Å². The summed E-state index contributed by atoms with van der Waals surface area (Å²) >= 11 is 0. The van der Waals surface area contributed by atoms with E-state index in [9.17, 15) is 0 Å². The Morgan fingerprint density at radius 2 is 1.39 bits per heavy atom. The Bertz CT molecular complexity index is 620. The first kappa shape index (κ1) is 17.4. The third-order valence-electron chi connectivity index (χ3n) is 3.65. The molecule has 0 fully saturated rings. The maximum absolute atomic E-state index is 5.63. The predicted molar refractivity (Wildman–Crippen MR) is 99.2 cm³/mol. The maximum Gasteiger partial charge on any atom is 0.0720 e. The highest BCUT2D eigenvalue weighted by Gasteiger charge is 2.00. The largest absolute Gasteiger partial charge is 0.374 e. The average molecular weight is 309 g/mol. The van der Waals surface area contributed by atoms with Crippen LogP contribution in [0.15, 0.2) is 53.5 Å². The summed E-state index contributed by atoms with van der Waals surface area (Å²) in [5.41, 5.74) is 6.18. The second-order valence-electron chi connectivity index (χ2n) is 6.33. The zero-order valence-electron chi connectivity index (χ0n) is 14.7. The summed E-state index contributed by atoms with van der Waals surface area (Å²) in [7, 11) is 0. The molecule has 0 bridgehead atoms. The molecule has 0 spiro atoms. The summed E-state index contributed by atoms with van der Waals surface area (Å²) in [4.78, 5) is 4.44. The summed E-state index contributed by atoms with van der Waals surface area (Å²) < 4.78 is 5.63. The molecule has 0 amide bonds. The lowest BCUT2D eigenvalue weighted by molar-refractivity contribution is 0.0657. The molecule has 2 heteroatoms. The Labute approximate surface area is 140 Å². The number of hydrogen-bond acceptors (Lipinski definition) is 2. The van der Waals surface area contributed by atoms with Gasteiger partial charge in [0, 0.05) is 12.3 Å². The van der Waals surface area contributed by atoms with E-state index >= 15 is 0 Å². The number of nitrogens with zero attached hydrogens (tertiary/aromatic N) is 1. The lowest BCUT2D eigenvalue weighted by Gasteiger charge is -2.09. The molecule has 2 rings (SSSR count). The molecule has 0 atom stereocenters. The Morgan fingerprint density at radius 3 is 1.87 bits per heavy atom. The number of aliphatic imine (C=N–C) groups is 1. The van der Waals surface area contributed by atoms with E-state index in [0.29, 0.717) is 6.61 Å². The van der Waals surface area contributed by atoms with Gasteiger partial charge in [0.05, 0.1) is 12.7 Å². The van der Waals surface area contributed by atoms with Gasteiger partial charge in [-0.25, -0.2) is 0 Å². The van der Waals surface area contributed by atoms with Crippen LogP contribution in [0, 0.1) is 0 Å². The van der Waals surface area contributed by atoms with E-state index in [1.165, 1.54) is 22.3 Å². The van der Waals surface area contributed by atoms with E-state index in [0.717, 1.165) is 18.7 Å². The average Bonchev–Trinajstić information content (AvgIpc) is 2.54. The van der Waals surface area contributed by atoms with Crippen LogP contribution >= 0.6 is 0 Å². The molecule has 0 aliphatic carbocycles. The number of benzene rings is 2. The van der Waals surface area contributed by atoms with Crippen molar-refractivity contribution in [3.8, 4) is 11.1 Å². The van der Waals surface area contributed by atoms with Gasteiger partial charge in [-0.05, 0) is 56.4 Å². The van der Waals surface area contributed by atoms with Gasteiger partial charge in [0.15, 0.2) is 0 Å². The quantitative estimate of drug-likeness (QED) is 0.636. The molecule has 23 heavy (non-hydrogen) atoms. The molecule has 122 valence electrons. The molecule has 0 N–H and O–H groups in total. The molecule has 2 nitrogen and oxygen atoms in total. The van der Waals surface area contributed by atoms with Crippen molar-refractivity contribution in [2.75, 3.05) is 6.54 Å². The van der Waals surface area contributed by atoms with Gasteiger partial charge in [-0.3, -0.25) is 4.99 Å². The molecule has 0 aliphatic rings. The minimum absolute atomic E-state index is 0.267. The van der Waals surface area contributed by atoms with Crippen LogP contribution in [0.25, 0.3) is 11.1 Å². The second kappa shape index (κ2) is 8.64. The second-order valence-corrected chi connectivity index (χ2v) is 6.33. The lowest BCUT2D eigenvalue weighted by atomic mass is 10.0. The van der Waals surface area contributed by atoms with Crippen molar-refractivity contribution in [1.29, 1.82) is 0 Å². The fraction of sp³-hybridized carbons (Fsp3) is 0.381. The Kier molecular flexibility index (Phi) is 6.54. The van der Waals surface area contributed by atoms with Gasteiger partial charge in [-0.2, -0.15) is 0 Å². The zero-order valence-corrected chi connectivity index (χ0v) is 14.7. The first-order chi connectivity index (χ1) is 11.0. The maximum atomic E-state index is 5.63. The molecular formula is C21H27NO. The van der Waals surface area contributed by atoms with Crippen molar-refractivity contribution in [3.05, 3.63) is 59.7 Å². The van der Waals surface area contributed by atoms with E-state index < -0.39 is 0 Å². The normalized spacial score (nSPS) is 10.8. The van der Waals surface area contributed by atoms with E-state index in [2.05, 4.69) is 67.4 Å². The molecular weight excluding hydrogens is 282 g/mol. The summed E-state index contributed by atoms with van der Waals surface area (Å²) in [5, 5.41) is 0. The van der Waals surface area contributed by atoms with Gasteiger partial charge in [0.2, 0.25) is 0 Å². The van der Waals surface area contributed by atoms with Crippen molar-refractivity contribution in [3.63, 3.8) is 0 Å². The zero-order chi connectivity index (χ0) is 16.7. The van der Waals surface area contributed by atoms with Crippen LogP contribution in [0.1, 0.15) is 38.8 Å². The summed E-state index contributed by atoms with van der Waals surface area (Å²) in [6.07, 6.45) is 1.26. The summed E-state index contributed by atoms with van der Waals surface area (Å²) in [6.45, 7) is 9.74. The molecule has 0 unspecified atom stereocenters. The van der Waals surface area contributed by atoms with Crippen LogP contribution in [0.2, 0.25) is 0 Å². The first-order valence-electron chi connectivity index (χ1n) is 8.32. The molecule has 0 heterocycles. The first-order valence-corrected chi connectivity index (χ1v) is 8.32. The van der Waals surface area contributed by atoms with Crippen LogP contribution in [0.5, 0.6) is 0 Å². The van der Waals surface area contributed by atoms with Crippen molar-refractivity contribution >= 4 is 5.71 Å². The Morgan fingerprint density at radius 1 is 0.870 bits per heavy atom. The van der Waals surface area contributed by atoms with Crippen LogP contribution in [0.3, 0.4) is 0 Å². The smallest absolute Gasteiger partial charge is 0.0720 e. The minimum atomic E-state index is 0.267.